The first-order valence-electron chi connectivity index (χ1n) is 8.40. The molecule has 0 unspecified atom stereocenters. The third kappa shape index (κ3) is 4.97. The largest absolute Gasteiger partial charge is 0.356 e. The highest BCUT2D eigenvalue weighted by molar-refractivity contribution is 5.75. The third-order valence-electron chi connectivity index (χ3n) is 4.12. The van der Waals surface area contributed by atoms with Gasteiger partial charge in [-0.25, -0.2) is 4.68 Å². The van der Waals surface area contributed by atoms with Gasteiger partial charge in [0.05, 0.1) is 6.54 Å². The molecule has 2 aromatic carbocycles. The molecule has 0 aliphatic heterocycles. The number of nitrogens with one attached hydrogen (secondary N) is 1. The Hall–Kier alpha value is -3.02. The SMILES string of the molecule is O=C(CCn1cnnn1)NCCC(c1ccccc1)c1ccccc1. The Morgan fingerprint density at radius 3 is 2.20 bits per heavy atom. The van der Waals surface area contributed by atoms with Gasteiger partial charge >= 0.3 is 0 Å². The van der Waals surface area contributed by atoms with E-state index >= 15 is 0 Å². The average molecular weight is 335 g/mol. The van der Waals surface area contributed by atoms with Crippen molar-refractivity contribution in [2.24, 2.45) is 0 Å². The van der Waals surface area contributed by atoms with Crippen LogP contribution in [0.1, 0.15) is 29.9 Å². The molecule has 6 heteroatoms. The standard InChI is InChI=1S/C19H21N5O/c25-19(12-14-24-15-21-22-23-24)20-13-11-18(16-7-3-1-4-8-16)17-9-5-2-6-10-17/h1-10,15,18H,11-14H2,(H,20,25). The van der Waals surface area contributed by atoms with Gasteiger partial charge in [0.15, 0.2) is 0 Å². The van der Waals surface area contributed by atoms with Crippen molar-refractivity contribution in [3.63, 3.8) is 0 Å². The number of aromatic nitrogens is 4. The molecule has 0 aliphatic carbocycles. The van der Waals surface area contributed by atoms with Crippen molar-refractivity contribution in [3.05, 3.63) is 78.1 Å². The Kier molecular flexibility index (Phi) is 5.87. The zero-order valence-corrected chi connectivity index (χ0v) is 14.0. The van der Waals surface area contributed by atoms with Crippen LogP contribution in [0.15, 0.2) is 67.0 Å². The van der Waals surface area contributed by atoms with Crippen molar-refractivity contribution in [2.75, 3.05) is 6.54 Å². The number of aryl methyl sites for hydroxylation is 1. The number of tetrazole rings is 1. The molecule has 0 spiro atoms. The number of amides is 1. The number of carbonyl (C=O) groups is 1. The molecule has 0 bridgehead atoms. The summed E-state index contributed by atoms with van der Waals surface area (Å²) in [6, 6.07) is 20.8. The van der Waals surface area contributed by atoms with E-state index in [-0.39, 0.29) is 11.8 Å². The van der Waals surface area contributed by atoms with Crippen LogP contribution in [0, 0.1) is 0 Å². The molecule has 3 rings (SSSR count). The zero-order chi connectivity index (χ0) is 17.3. The van der Waals surface area contributed by atoms with Gasteiger partial charge in [0.25, 0.3) is 0 Å². The van der Waals surface area contributed by atoms with Gasteiger partial charge in [0.2, 0.25) is 5.91 Å². The van der Waals surface area contributed by atoms with Crippen molar-refractivity contribution in [2.45, 2.75) is 25.3 Å². The molecule has 1 N–H and O–H groups in total. The monoisotopic (exact) mass is 335 g/mol. The van der Waals surface area contributed by atoms with Crippen molar-refractivity contribution >= 4 is 5.91 Å². The van der Waals surface area contributed by atoms with E-state index in [1.54, 1.807) is 4.68 Å². The van der Waals surface area contributed by atoms with Crippen LogP contribution in [0.2, 0.25) is 0 Å². The number of rotatable bonds is 8. The molecule has 0 atom stereocenters. The molecular formula is C19H21N5O. The maximum Gasteiger partial charge on any atom is 0.221 e. The lowest BCUT2D eigenvalue weighted by atomic mass is 9.88. The molecule has 1 heterocycles. The van der Waals surface area contributed by atoms with E-state index in [2.05, 4.69) is 69.4 Å². The average Bonchev–Trinajstić information content (AvgIpc) is 3.19. The molecule has 128 valence electrons. The van der Waals surface area contributed by atoms with E-state index in [0.717, 1.165) is 6.42 Å². The summed E-state index contributed by atoms with van der Waals surface area (Å²) < 4.78 is 1.55. The summed E-state index contributed by atoms with van der Waals surface area (Å²) >= 11 is 0. The van der Waals surface area contributed by atoms with Gasteiger partial charge in [-0.1, -0.05) is 60.7 Å². The predicted molar refractivity (Wildman–Crippen MR) is 94.8 cm³/mol. The normalized spacial score (nSPS) is 10.8. The lowest BCUT2D eigenvalue weighted by molar-refractivity contribution is -0.121. The fourth-order valence-electron chi connectivity index (χ4n) is 2.84. The van der Waals surface area contributed by atoms with Gasteiger partial charge in [-0.05, 0) is 28.0 Å². The summed E-state index contributed by atoms with van der Waals surface area (Å²) in [5.74, 6) is 0.276. The van der Waals surface area contributed by atoms with Gasteiger partial charge in [0.1, 0.15) is 6.33 Å². The maximum atomic E-state index is 12.0. The summed E-state index contributed by atoms with van der Waals surface area (Å²) in [5, 5.41) is 13.9. The van der Waals surface area contributed by atoms with Crippen LogP contribution in [-0.4, -0.2) is 32.7 Å². The lowest BCUT2D eigenvalue weighted by Gasteiger charge is -2.18. The van der Waals surface area contributed by atoms with Crippen LogP contribution in [-0.2, 0) is 11.3 Å². The topological polar surface area (TPSA) is 72.7 Å². The van der Waals surface area contributed by atoms with E-state index in [1.165, 1.54) is 17.5 Å². The highest BCUT2D eigenvalue weighted by Crippen LogP contribution is 2.27. The number of nitrogens with zero attached hydrogens (tertiary/aromatic N) is 4. The lowest BCUT2D eigenvalue weighted by Crippen LogP contribution is -2.26. The second kappa shape index (κ2) is 8.73. The molecule has 1 amide bonds. The second-order valence-electron chi connectivity index (χ2n) is 5.84. The Labute approximate surface area is 146 Å². The fraction of sp³-hybridized carbons (Fsp3) is 0.263. The summed E-state index contributed by atoms with van der Waals surface area (Å²) in [6.07, 6.45) is 2.73. The van der Waals surface area contributed by atoms with E-state index in [9.17, 15) is 4.79 Å². The van der Waals surface area contributed by atoms with Crippen molar-refractivity contribution < 1.29 is 4.79 Å². The van der Waals surface area contributed by atoms with Crippen LogP contribution >= 0.6 is 0 Å². The molecule has 0 saturated heterocycles. The minimum atomic E-state index is 0.00960. The van der Waals surface area contributed by atoms with Gasteiger partial charge in [-0.3, -0.25) is 4.79 Å². The van der Waals surface area contributed by atoms with Gasteiger partial charge in [-0.2, -0.15) is 0 Å². The van der Waals surface area contributed by atoms with E-state index in [1.807, 2.05) is 12.1 Å². The first kappa shape index (κ1) is 16.8. The Morgan fingerprint density at radius 2 is 1.64 bits per heavy atom. The Bertz CT molecular complexity index is 720. The predicted octanol–water partition coefficient (Wildman–Crippen LogP) is 2.40. The smallest absolute Gasteiger partial charge is 0.221 e. The molecule has 1 aromatic heterocycles. The number of hydrogen-bond acceptors (Lipinski definition) is 4. The quantitative estimate of drug-likeness (QED) is 0.686. The van der Waals surface area contributed by atoms with Crippen molar-refractivity contribution in [1.29, 1.82) is 0 Å². The number of hydrogen-bond donors (Lipinski definition) is 1. The van der Waals surface area contributed by atoms with Crippen molar-refractivity contribution in [3.8, 4) is 0 Å². The summed E-state index contributed by atoms with van der Waals surface area (Å²) in [7, 11) is 0. The number of carbonyl (C=O) groups excluding carboxylic acids is 1. The first-order chi connectivity index (χ1) is 12.3. The maximum absolute atomic E-state index is 12.0. The van der Waals surface area contributed by atoms with Crippen molar-refractivity contribution in [1.82, 2.24) is 25.5 Å². The van der Waals surface area contributed by atoms with E-state index in [4.69, 9.17) is 0 Å². The zero-order valence-electron chi connectivity index (χ0n) is 14.0. The molecule has 0 fully saturated rings. The molecule has 0 saturated carbocycles. The molecular weight excluding hydrogens is 314 g/mol. The highest BCUT2D eigenvalue weighted by atomic mass is 16.1. The first-order valence-corrected chi connectivity index (χ1v) is 8.40. The Balaban J connectivity index is 1.55. The number of benzene rings is 2. The molecule has 25 heavy (non-hydrogen) atoms. The van der Waals surface area contributed by atoms with Crippen LogP contribution in [0.3, 0.4) is 0 Å². The van der Waals surface area contributed by atoms with E-state index in [0.29, 0.717) is 19.5 Å². The molecule has 3 aromatic rings. The van der Waals surface area contributed by atoms with Crippen LogP contribution in [0.4, 0.5) is 0 Å². The van der Waals surface area contributed by atoms with Gasteiger partial charge in [-0.15, -0.1) is 5.10 Å². The minimum absolute atomic E-state index is 0.00960. The fourth-order valence-corrected chi connectivity index (χ4v) is 2.84. The third-order valence-corrected chi connectivity index (χ3v) is 4.12. The van der Waals surface area contributed by atoms with Crippen LogP contribution in [0.5, 0.6) is 0 Å². The summed E-state index contributed by atoms with van der Waals surface area (Å²) in [5.41, 5.74) is 2.52. The van der Waals surface area contributed by atoms with Crippen LogP contribution < -0.4 is 5.32 Å². The van der Waals surface area contributed by atoms with E-state index < -0.39 is 0 Å². The molecule has 0 radical (unpaired) electrons. The highest BCUT2D eigenvalue weighted by Gasteiger charge is 2.14. The minimum Gasteiger partial charge on any atom is -0.356 e. The van der Waals surface area contributed by atoms with Gasteiger partial charge < -0.3 is 5.32 Å². The molecule has 0 aliphatic rings. The molecule has 6 nitrogen and oxygen atoms in total. The van der Waals surface area contributed by atoms with Crippen LogP contribution in [0.25, 0.3) is 0 Å². The second-order valence-corrected chi connectivity index (χ2v) is 5.84. The summed E-state index contributed by atoms with van der Waals surface area (Å²) in [6.45, 7) is 1.11. The Morgan fingerprint density at radius 1 is 1.00 bits per heavy atom. The van der Waals surface area contributed by atoms with Gasteiger partial charge in [0, 0.05) is 18.9 Å². The summed E-state index contributed by atoms with van der Waals surface area (Å²) in [4.78, 5) is 12.0.